The van der Waals surface area contributed by atoms with Crippen LogP contribution in [-0.4, -0.2) is 28.5 Å². The van der Waals surface area contributed by atoms with Gasteiger partial charge in [-0.05, 0) is 57.9 Å². The Morgan fingerprint density at radius 3 is 2.90 bits per heavy atom. The van der Waals surface area contributed by atoms with Gasteiger partial charge in [0.15, 0.2) is 0 Å². The van der Waals surface area contributed by atoms with E-state index in [0.717, 1.165) is 19.6 Å². The zero-order chi connectivity index (χ0) is 14.9. The van der Waals surface area contributed by atoms with Crippen LogP contribution in [0.2, 0.25) is 0 Å². The minimum Gasteiger partial charge on any atom is -0.375 e. The lowest BCUT2D eigenvalue weighted by atomic mass is 9.69. The molecule has 4 nitrogen and oxygen atoms in total. The molecule has 1 saturated carbocycles. The van der Waals surface area contributed by atoms with Crippen LogP contribution in [-0.2, 0) is 11.8 Å². The Hall–Kier alpha value is -0.870. The Morgan fingerprint density at radius 2 is 2.33 bits per heavy atom. The molecule has 1 aliphatic heterocycles. The zero-order valence-corrected chi connectivity index (χ0v) is 13.7. The number of aromatic nitrogens is 2. The van der Waals surface area contributed by atoms with Crippen LogP contribution in [0.1, 0.15) is 62.7 Å². The second kappa shape index (κ2) is 6.09. The van der Waals surface area contributed by atoms with Crippen molar-refractivity contribution in [3.05, 3.63) is 17.5 Å². The number of nitrogens with zero attached hydrogens (tertiary/aromatic N) is 2. The van der Waals surface area contributed by atoms with E-state index in [1.807, 2.05) is 11.7 Å². The lowest BCUT2D eigenvalue weighted by molar-refractivity contribution is -0.147. The smallest absolute Gasteiger partial charge is 0.0686 e. The third-order valence-electron chi connectivity index (χ3n) is 5.49. The van der Waals surface area contributed by atoms with Gasteiger partial charge in [0.1, 0.15) is 0 Å². The lowest BCUT2D eigenvalue weighted by Gasteiger charge is -2.49. The summed E-state index contributed by atoms with van der Waals surface area (Å²) in [6.07, 6.45) is 9.47. The van der Waals surface area contributed by atoms with Crippen molar-refractivity contribution in [3.63, 3.8) is 0 Å². The van der Waals surface area contributed by atoms with E-state index in [1.54, 1.807) is 0 Å². The summed E-state index contributed by atoms with van der Waals surface area (Å²) in [5, 5.41) is 8.24. The zero-order valence-electron chi connectivity index (χ0n) is 13.7. The summed E-state index contributed by atoms with van der Waals surface area (Å²) in [6, 6.07) is 0.431. The van der Waals surface area contributed by atoms with Crippen LogP contribution in [0.25, 0.3) is 0 Å². The van der Waals surface area contributed by atoms with Gasteiger partial charge in [-0.3, -0.25) is 4.68 Å². The summed E-state index contributed by atoms with van der Waals surface area (Å²) in [7, 11) is 2.03. The summed E-state index contributed by atoms with van der Waals surface area (Å²) in [4.78, 5) is 0. The molecule has 1 aromatic heterocycles. The molecule has 1 N–H and O–H groups in total. The maximum Gasteiger partial charge on any atom is 0.0686 e. The van der Waals surface area contributed by atoms with Gasteiger partial charge in [0.2, 0.25) is 0 Å². The molecule has 1 aliphatic carbocycles. The minimum atomic E-state index is 0.213. The molecule has 1 spiro atoms. The molecule has 3 rings (SSSR count). The molecule has 0 bridgehead atoms. The van der Waals surface area contributed by atoms with Gasteiger partial charge >= 0.3 is 0 Å². The monoisotopic (exact) mass is 291 g/mol. The maximum absolute atomic E-state index is 6.11. The van der Waals surface area contributed by atoms with Crippen molar-refractivity contribution < 1.29 is 4.74 Å². The van der Waals surface area contributed by atoms with Crippen molar-refractivity contribution in [2.75, 3.05) is 13.2 Å². The average molecular weight is 291 g/mol. The van der Waals surface area contributed by atoms with Crippen molar-refractivity contribution in [2.45, 2.75) is 64.0 Å². The highest BCUT2D eigenvalue weighted by molar-refractivity contribution is 5.22. The molecule has 2 aliphatic rings. The van der Waals surface area contributed by atoms with E-state index in [-0.39, 0.29) is 5.60 Å². The Morgan fingerprint density at radius 1 is 1.52 bits per heavy atom. The van der Waals surface area contributed by atoms with Crippen molar-refractivity contribution in [1.82, 2.24) is 15.1 Å². The van der Waals surface area contributed by atoms with Crippen LogP contribution in [0, 0.1) is 12.8 Å². The normalized spacial score (nSPS) is 25.8. The molecule has 4 heteroatoms. The number of ether oxygens (including phenoxy) is 1. The first-order chi connectivity index (χ1) is 10.2. The third-order valence-corrected chi connectivity index (χ3v) is 5.49. The molecule has 21 heavy (non-hydrogen) atoms. The van der Waals surface area contributed by atoms with E-state index in [9.17, 15) is 0 Å². The molecule has 2 atom stereocenters. The first kappa shape index (κ1) is 15.0. The summed E-state index contributed by atoms with van der Waals surface area (Å²) in [5.74, 6) is 0.675. The van der Waals surface area contributed by atoms with Crippen LogP contribution < -0.4 is 5.32 Å². The van der Waals surface area contributed by atoms with E-state index >= 15 is 0 Å². The second-order valence-corrected chi connectivity index (χ2v) is 6.88. The quantitative estimate of drug-likeness (QED) is 0.906. The number of aryl methyl sites for hydroxylation is 1. The molecule has 2 heterocycles. The fourth-order valence-corrected chi connectivity index (χ4v) is 3.92. The highest BCUT2D eigenvalue weighted by Crippen LogP contribution is 2.47. The molecule has 118 valence electrons. The highest BCUT2D eigenvalue weighted by Gasteiger charge is 2.44. The van der Waals surface area contributed by atoms with E-state index in [0.29, 0.717) is 12.0 Å². The van der Waals surface area contributed by atoms with Gasteiger partial charge in [0.05, 0.1) is 11.8 Å². The fourth-order valence-electron chi connectivity index (χ4n) is 3.92. The predicted octanol–water partition coefficient (Wildman–Crippen LogP) is 3.12. The predicted molar refractivity (Wildman–Crippen MR) is 84.2 cm³/mol. The highest BCUT2D eigenvalue weighted by atomic mass is 16.5. The second-order valence-electron chi connectivity index (χ2n) is 6.88. The maximum atomic E-state index is 6.11. The van der Waals surface area contributed by atoms with Crippen LogP contribution in [0.5, 0.6) is 0 Å². The largest absolute Gasteiger partial charge is 0.375 e. The van der Waals surface area contributed by atoms with Gasteiger partial charge in [0, 0.05) is 31.0 Å². The number of rotatable bonds is 5. The Balaban J connectivity index is 1.79. The van der Waals surface area contributed by atoms with Gasteiger partial charge in [-0.15, -0.1) is 0 Å². The van der Waals surface area contributed by atoms with Gasteiger partial charge in [-0.1, -0.05) is 6.92 Å². The van der Waals surface area contributed by atoms with Crippen molar-refractivity contribution >= 4 is 0 Å². The molecule has 1 saturated heterocycles. The SMILES string of the molecule is CCCNC(c1cnn(C)c1C)C1CCOC2(CCC2)C1. The number of hydrogen-bond acceptors (Lipinski definition) is 3. The van der Waals surface area contributed by atoms with Crippen molar-refractivity contribution in [3.8, 4) is 0 Å². The van der Waals surface area contributed by atoms with Crippen LogP contribution >= 0.6 is 0 Å². The van der Waals surface area contributed by atoms with Crippen molar-refractivity contribution in [2.24, 2.45) is 13.0 Å². The number of hydrogen-bond donors (Lipinski definition) is 1. The average Bonchev–Trinajstić information content (AvgIpc) is 2.79. The molecule has 2 unspecified atom stereocenters. The van der Waals surface area contributed by atoms with Gasteiger partial charge in [-0.2, -0.15) is 5.10 Å². The number of nitrogens with one attached hydrogen (secondary N) is 1. The molecular weight excluding hydrogens is 262 g/mol. The summed E-state index contributed by atoms with van der Waals surface area (Å²) < 4.78 is 8.10. The van der Waals surface area contributed by atoms with Gasteiger partial charge in [0.25, 0.3) is 0 Å². The van der Waals surface area contributed by atoms with E-state index in [4.69, 9.17) is 4.74 Å². The third kappa shape index (κ3) is 2.88. The van der Waals surface area contributed by atoms with Crippen LogP contribution in [0.15, 0.2) is 6.20 Å². The lowest BCUT2D eigenvalue weighted by Crippen LogP contribution is -2.48. The van der Waals surface area contributed by atoms with E-state index in [2.05, 4.69) is 30.5 Å². The topological polar surface area (TPSA) is 39.1 Å². The standard InChI is InChI=1S/C17H29N3O/c1-4-9-18-16(15-12-19-20(3)13(15)2)14-6-10-21-17(11-14)7-5-8-17/h12,14,16,18H,4-11H2,1-3H3. The molecule has 1 aromatic rings. The molecule has 0 aromatic carbocycles. The molecule has 0 radical (unpaired) electrons. The van der Waals surface area contributed by atoms with Crippen LogP contribution in [0.4, 0.5) is 0 Å². The Bertz CT molecular complexity index is 478. The van der Waals surface area contributed by atoms with E-state index in [1.165, 1.54) is 43.4 Å². The van der Waals surface area contributed by atoms with Gasteiger partial charge < -0.3 is 10.1 Å². The van der Waals surface area contributed by atoms with E-state index < -0.39 is 0 Å². The minimum absolute atomic E-state index is 0.213. The van der Waals surface area contributed by atoms with Crippen molar-refractivity contribution in [1.29, 1.82) is 0 Å². The molecule has 0 amide bonds. The van der Waals surface area contributed by atoms with Crippen LogP contribution in [0.3, 0.4) is 0 Å². The summed E-state index contributed by atoms with van der Waals surface area (Å²) in [5.41, 5.74) is 2.88. The Kier molecular flexibility index (Phi) is 4.36. The van der Waals surface area contributed by atoms with Gasteiger partial charge in [-0.25, -0.2) is 0 Å². The molecular formula is C17H29N3O. The fraction of sp³-hybridized carbons (Fsp3) is 0.824. The summed E-state index contributed by atoms with van der Waals surface area (Å²) >= 11 is 0. The first-order valence-corrected chi connectivity index (χ1v) is 8.51. The first-order valence-electron chi connectivity index (χ1n) is 8.51. The molecule has 2 fully saturated rings. The summed E-state index contributed by atoms with van der Waals surface area (Å²) in [6.45, 7) is 6.41. The Labute approximate surface area is 128 Å².